The standard InChI is InChI=1S/C8H16N4O/c1-8(6(9)10)2-4-12(5-3-8)7(11)13/h2-5H2,1H3,(H3,9,10)(H2,11,13). The summed E-state index contributed by atoms with van der Waals surface area (Å²) in [6.07, 6.45) is 1.45. The van der Waals surface area contributed by atoms with Crippen LogP contribution in [0.1, 0.15) is 19.8 Å². The fourth-order valence-corrected chi connectivity index (χ4v) is 1.49. The summed E-state index contributed by atoms with van der Waals surface area (Å²) >= 11 is 0. The van der Waals surface area contributed by atoms with Gasteiger partial charge in [-0.2, -0.15) is 0 Å². The average molecular weight is 184 g/mol. The van der Waals surface area contributed by atoms with Crippen molar-refractivity contribution in [3.63, 3.8) is 0 Å². The van der Waals surface area contributed by atoms with Crippen LogP contribution in [0.2, 0.25) is 0 Å². The second-order valence-corrected chi connectivity index (χ2v) is 3.80. The number of nitrogens with one attached hydrogen (secondary N) is 1. The van der Waals surface area contributed by atoms with Crippen molar-refractivity contribution < 1.29 is 4.79 Å². The molecule has 0 unspecified atom stereocenters. The predicted octanol–water partition coefficient (Wildman–Crippen LogP) is 0.103. The molecular formula is C8H16N4O. The Balaban J connectivity index is 2.56. The molecule has 1 rings (SSSR count). The van der Waals surface area contributed by atoms with Gasteiger partial charge in [0.15, 0.2) is 0 Å². The van der Waals surface area contributed by atoms with Crippen LogP contribution in [0.15, 0.2) is 0 Å². The minimum absolute atomic E-state index is 0.205. The van der Waals surface area contributed by atoms with Crippen molar-refractivity contribution >= 4 is 11.9 Å². The van der Waals surface area contributed by atoms with Gasteiger partial charge in [-0.3, -0.25) is 5.41 Å². The third kappa shape index (κ3) is 1.91. The lowest BCUT2D eigenvalue weighted by atomic mass is 9.79. The largest absolute Gasteiger partial charge is 0.387 e. The van der Waals surface area contributed by atoms with Crippen LogP contribution in [-0.2, 0) is 0 Å². The second kappa shape index (κ2) is 3.24. The highest BCUT2D eigenvalue weighted by atomic mass is 16.2. The molecule has 0 aromatic heterocycles. The van der Waals surface area contributed by atoms with Crippen LogP contribution in [-0.4, -0.2) is 29.9 Å². The molecule has 0 saturated carbocycles. The van der Waals surface area contributed by atoms with E-state index in [9.17, 15) is 4.79 Å². The molecule has 1 heterocycles. The molecule has 5 N–H and O–H groups in total. The van der Waals surface area contributed by atoms with E-state index in [0.717, 1.165) is 12.8 Å². The van der Waals surface area contributed by atoms with Crippen molar-refractivity contribution in [2.24, 2.45) is 16.9 Å². The number of rotatable bonds is 1. The number of carbonyl (C=O) groups excluding carboxylic acids is 1. The van der Waals surface area contributed by atoms with Crippen molar-refractivity contribution in [3.8, 4) is 0 Å². The first-order valence-electron chi connectivity index (χ1n) is 4.34. The molecule has 0 aliphatic carbocycles. The smallest absolute Gasteiger partial charge is 0.314 e. The summed E-state index contributed by atoms with van der Waals surface area (Å²) in [4.78, 5) is 12.4. The van der Waals surface area contributed by atoms with Gasteiger partial charge in [-0.05, 0) is 12.8 Å². The summed E-state index contributed by atoms with van der Waals surface area (Å²) in [5, 5.41) is 7.40. The van der Waals surface area contributed by atoms with Crippen molar-refractivity contribution in [1.82, 2.24) is 4.90 Å². The van der Waals surface area contributed by atoms with Gasteiger partial charge in [0.1, 0.15) is 0 Å². The second-order valence-electron chi connectivity index (χ2n) is 3.80. The Kier molecular flexibility index (Phi) is 2.45. The van der Waals surface area contributed by atoms with Crippen LogP contribution in [0, 0.1) is 10.8 Å². The third-order valence-corrected chi connectivity index (χ3v) is 2.83. The molecule has 0 bridgehead atoms. The normalized spacial score (nSPS) is 21.2. The highest BCUT2D eigenvalue weighted by Gasteiger charge is 2.33. The van der Waals surface area contributed by atoms with Crippen LogP contribution >= 0.6 is 0 Å². The highest BCUT2D eigenvalue weighted by molar-refractivity contribution is 5.83. The monoisotopic (exact) mass is 184 g/mol. The van der Waals surface area contributed by atoms with E-state index >= 15 is 0 Å². The van der Waals surface area contributed by atoms with E-state index in [1.165, 1.54) is 0 Å². The molecular weight excluding hydrogens is 168 g/mol. The van der Waals surface area contributed by atoms with E-state index in [4.69, 9.17) is 16.9 Å². The van der Waals surface area contributed by atoms with Crippen LogP contribution in [0.4, 0.5) is 4.79 Å². The molecule has 0 aromatic carbocycles. The fourth-order valence-electron chi connectivity index (χ4n) is 1.49. The first-order chi connectivity index (χ1) is 5.96. The molecule has 5 heteroatoms. The van der Waals surface area contributed by atoms with E-state index in [2.05, 4.69) is 0 Å². The summed E-state index contributed by atoms with van der Waals surface area (Å²) in [5.74, 6) is 0.205. The minimum atomic E-state index is -0.384. The number of primary amides is 1. The molecule has 5 nitrogen and oxygen atoms in total. The molecule has 1 aliphatic rings. The Morgan fingerprint density at radius 3 is 2.15 bits per heavy atom. The molecule has 74 valence electrons. The van der Waals surface area contributed by atoms with Gasteiger partial charge in [0, 0.05) is 18.5 Å². The maximum absolute atomic E-state index is 10.8. The molecule has 0 atom stereocenters. The summed E-state index contributed by atoms with van der Waals surface area (Å²) in [6, 6.07) is -0.384. The van der Waals surface area contributed by atoms with Crippen LogP contribution < -0.4 is 11.5 Å². The first kappa shape index (κ1) is 9.83. The predicted molar refractivity (Wildman–Crippen MR) is 50.4 cm³/mol. The molecule has 0 radical (unpaired) electrons. The first-order valence-corrected chi connectivity index (χ1v) is 4.34. The molecule has 0 aromatic rings. The Bertz CT molecular complexity index is 230. The number of amidine groups is 1. The number of amides is 2. The third-order valence-electron chi connectivity index (χ3n) is 2.83. The van der Waals surface area contributed by atoms with Gasteiger partial charge in [-0.15, -0.1) is 0 Å². The van der Waals surface area contributed by atoms with E-state index in [1.807, 2.05) is 6.92 Å². The molecule has 1 aliphatic heterocycles. The molecule has 0 spiro atoms. The van der Waals surface area contributed by atoms with E-state index in [0.29, 0.717) is 13.1 Å². The zero-order chi connectivity index (χ0) is 10.1. The van der Waals surface area contributed by atoms with E-state index in [-0.39, 0.29) is 17.3 Å². The molecule has 1 fully saturated rings. The van der Waals surface area contributed by atoms with Crippen molar-refractivity contribution in [1.29, 1.82) is 5.41 Å². The fraction of sp³-hybridized carbons (Fsp3) is 0.750. The van der Waals surface area contributed by atoms with Crippen LogP contribution in [0.3, 0.4) is 0 Å². The summed E-state index contributed by atoms with van der Waals surface area (Å²) < 4.78 is 0. The Labute approximate surface area is 77.6 Å². The van der Waals surface area contributed by atoms with Crippen LogP contribution in [0.5, 0.6) is 0 Å². The number of carbonyl (C=O) groups is 1. The van der Waals surface area contributed by atoms with Crippen molar-refractivity contribution in [2.75, 3.05) is 13.1 Å². The van der Waals surface area contributed by atoms with Crippen molar-refractivity contribution in [2.45, 2.75) is 19.8 Å². The Morgan fingerprint density at radius 2 is 1.85 bits per heavy atom. The Morgan fingerprint density at radius 1 is 1.38 bits per heavy atom. The lowest BCUT2D eigenvalue weighted by Gasteiger charge is -2.37. The summed E-state index contributed by atoms with van der Waals surface area (Å²) in [7, 11) is 0. The van der Waals surface area contributed by atoms with E-state index in [1.54, 1.807) is 4.90 Å². The van der Waals surface area contributed by atoms with Gasteiger partial charge in [-0.25, -0.2) is 4.79 Å². The lowest BCUT2D eigenvalue weighted by molar-refractivity contribution is 0.167. The van der Waals surface area contributed by atoms with Gasteiger partial charge >= 0.3 is 6.03 Å². The summed E-state index contributed by atoms with van der Waals surface area (Å²) in [6.45, 7) is 3.16. The number of hydrogen-bond acceptors (Lipinski definition) is 2. The number of nitrogens with zero attached hydrogens (tertiary/aromatic N) is 1. The van der Waals surface area contributed by atoms with Gasteiger partial charge in [0.25, 0.3) is 0 Å². The quantitative estimate of drug-likeness (QED) is 0.398. The van der Waals surface area contributed by atoms with Gasteiger partial charge < -0.3 is 16.4 Å². The van der Waals surface area contributed by atoms with Gasteiger partial charge in [-0.1, -0.05) is 6.92 Å². The van der Waals surface area contributed by atoms with Crippen LogP contribution in [0.25, 0.3) is 0 Å². The lowest BCUT2D eigenvalue weighted by Crippen LogP contribution is -2.48. The zero-order valence-electron chi connectivity index (χ0n) is 7.84. The average Bonchev–Trinajstić information content (AvgIpc) is 2.04. The maximum Gasteiger partial charge on any atom is 0.314 e. The zero-order valence-corrected chi connectivity index (χ0v) is 7.84. The number of nitrogens with two attached hydrogens (primary N) is 2. The van der Waals surface area contributed by atoms with Gasteiger partial charge in [0.05, 0.1) is 5.84 Å². The maximum atomic E-state index is 10.8. The van der Waals surface area contributed by atoms with E-state index < -0.39 is 0 Å². The topological polar surface area (TPSA) is 96.2 Å². The minimum Gasteiger partial charge on any atom is -0.387 e. The Hall–Kier alpha value is -1.26. The molecule has 2 amide bonds. The number of urea groups is 1. The summed E-state index contributed by atoms with van der Waals surface area (Å²) in [5.41, 5.74) is 10.4. The SMILES string of the molecule is CC1(C(=N)N)CCN(C(N)=O)CC1. The number of hydrogen-bond donors (Lipinski definition) is 3. The van der Waals surface area contributed by atoms with Crippen molar-refractivity contribution in [3.05, 3.63) is 0 Å². The molecule has 1 saturated heterocycles. The number of likely N-dealkylation sites (tertiary alicyclic amines) is 1. The highest BCUT2D eigenvalue weighted by Crippen LogP contribution is 2.30. The molecule has 13 heavy (non-hydrogen) atoms. The van der Waals surface area contributed by atoms with Gasteiger partial charge in [0.2, 0.25) is 0 Å². The number of piperidine rings is 1.